The Kier molecular flexibility index (Phi) is 5.41. The minimum absolute atomic E-state index is 0.132. The van der Waals surface area contributed by atoms with Crippen LogP contribution in [0.3, 0.4) is 0 Å². The largest absolute Gasteiger partial charge is 0.449 e. The van der Waals surface area contributed by atoms with Crippen LogP contribution >= 0.6 is 11.3 Å². The van der Waals surface area contributed by atoms with Crippen LogP contribution in [0.25, 0.3) is 11.0 Å². The predicted molar refractivity (Wildman–Crippen MR) is 98.8 cm³/mol. The molecule has 1 aromatic carbocycles. The van der Waals surface area contributed by atoms with E-state index < -0.39 is 30.4 Å². The van der Waals surface area contributed by atoms with Crippen molar-refractivity contribution in [2.45, 2.75) is 33.0 Å². The second kappa shape index (κ2) is 7.63. The number of alkyl halides is 3. The summed E-state index contributed by atoms with van der Waals surface area (Å²) in [7, 11) is 0. The highest BCUT2D eigenvalue weighted by Gasteiger charge is 2.38. The average Bonchev–Trinajstić information content (AvgIpc) is 3.20. The standard InChI is InChI=1S/C18H17F3N4O2S/c1-3-11-8-14(28-10(11)2)16(27)24-23-15(26)9-25-13-7-5-4-6-12(13)22-17(25)18(19,20)21/h4-8H,3,9H2,1-2H3,(H,23,26)(H,24,27). The molecule has 28 heavy (non-hydrogen) atoms. The van der Waals surface area contributed by atoms with Crippen LogP contribution in [0.1, 0.15) is 32.9 Å². The van der Waals surface area contributed by atoms with Crippen LogP contribution < -0.4 is 10.9 Å². The van der Waals surface area contributed by atoms with Gasteiger partial charge in [0.15, 0.2) is 0 Å². The van der Waals surface area contributed by atoms with E-state index in [9.17, 15) is 22.8 Å². The van der Waals surface area contributed by atoms with Crippen molar-refractivity contribution >= 4 is 34.2 Å². The lowest BCUT2D eigenvalue weighted by Gasteiger charge is -2.12. The Balaban J connectivity index is 1.73. The number of hydrazine groups is 1. The van der Waals surface area contributed by atoms with Gasteiger partial charge < -0.3 is 4.57 Å². The number of halogens is 3. The zero-order valence-corrected chi connectivity index (χ0v) is 15.9. The van der Waals surface area contributed by atoms with Gasteiger partial charge in [0.2, 0.25) is 5.82 Å². The molecule has 0 unspecified atom stereocenters. The minimum Gasteiger partial charge on any atom is -0.311 e. The lowest BCUT2D eigenvalue weighted by Crippen LogP contribution is -2.43. The Labute approximate surface area is 162 Å². The maximum absolute atomic E-state index is 13.3. The number of rotatable bonds is 4. The first kappa shape index (κ1) is 19.9. The van der Waals surface area contributed by atoms with E-state index in [4.69, 9.17) is 0 Å². The predicted octanol–water partition coefficient (Wildman–Crippen LogP) is 3.45. The van der Waals surface area contributed by atoms with Gasteiger partial charge in [-0.2, -0.15) is 13.2 Å². The minimum atomic E-state index is -4.71. The molecule has 2 heterocycles. The van der Waals surface area contributed by atoms with E-state index in [2.05, 4.69) is 15.8 Å². The number of fused-ring (bicyclic) bond motifs is 1. The highest BCUT2D eigenvalue weighted by molar-refractivity contribution is 7.14. The molecule has 0 spiro atoms. The van der Waals surface area contributed by atoms with Crippen molar-refractivity contribution in [3.05, 3.63) is 51.5 Å². The van der Waals surface area contributed by atoms with Crippen molar-refractivity contribution in [2.24, 2.45) is 0 Å². The third kappa shape index (κ3) is 4.01. The number of benzene rings is 1. The van der Waals surface area contributed by atoms with E-state index >= 15 is 0 Å². The molecule has 0 aliphatic heterocycles. The number of aryl methyl sites for hydroxylation is 2. The smallest absolute Gasteiger partial charge is 0.311 e. The van der Waals surface area contributed by atoms with Crippen LogP contribution in [0.5, 0.6) is 0 Å². The number of imidazole rings is 1. The van der Waals surface area contributed by atoms with Crippen LogP contribution in [-0.2, 0) is 23.9 Å². The van der Waals surface area contributed by atoms with Gasteiger partial charge in [0.05, 0.1) is 15.9 Å². The molecule has 2 N–H and O–H groups in total. The molecule has 10 heteroatoms. The number of nitrogens with one attached hydrogen (secondary N) is 2. The van der Waals surface area contributed by atoms with Crippen LogP contribution in [0.2, 0.25) is 0 Å². The Morgan fingerprint density at radius 3 is 2.57 bits per heavy atom. The number of hydrogen-bond donors (Lipinski definition) is 2. The zero-order chi connectivity index (χ0) is 20.5. The van der Waals surface area contributed by atoms with Gasteiger partial charge in [-0.1, -0.05) is 19.1 Å². The maximum Gasteiger partial charge on any atom is 0.449 e. The molecule has 2 amide bonds. The molecule has 3 aromatic rings. The first-order valence-electron chi connectivity index (χ1n) is 8.41. The Hall–Kier alpha value is -2.88. The molecule has 0 aliphatic carbocycles. The van der Waals surface area contributed by atoms with Crippen LogP contribution in [-0.4, -0.2) is 21.4 Å². The summed E-state index contributed by atoms with van der Waals surface area (Å²) < 4.78 is 40.6. The third-order valence-corrected chi connectivity index (χ3v) is 5.24. The van der Waals surface area contributed by atoms with Crippen molar-refractivity contribution in [3.63, 3.8) is 0 Å². The summed E-state index contributed by atoms with van der Waals surface area (Å²) in [5, 5.41) is 0. The SMILES string of the molecule is CCc1cc(C(=O)NNC(=O)Cn2c(C(F)(F)F)nc3ccccc32)sc1C. The summed E-state index contributed by atoms with van der Waals surface area (Å²) >= 11 is 1.28. The van der Waals surface area contributed by atoms with Gasteiger partial charge in [-0.3, -0.25) is 20.4 Å². The number of thiophene rings is 1. The second-order valence-corrected chi connectivity index (χ2v) is 7.31. The van der Waals surface area contributed by atoms with Crippen molar-refractivity contribution < 1.29 is 22.8 Å². The van der Waals surface area contributed by atoms with Gasteiger partial charge in [-0.05, 0) is 37.1 Å². The fourth-order valence-electron chi connectivity index (χ4n) is 2.81. The second-order valence-electron chi connectivity index (χ2n) is 6.06. The average molecular weight is 410 g/mol. The highest BCUT2D eigenvalue weighted by atomic mass is 32.1. The molecule has 0 fully saturated rings. The summed E-state index contributed by atoms with van der Waals surface area (Å²) in [5.41, 5.74) is 5.74. The maximum atomic E-state index is 13.3. The summed E-state index contributed by atoms with van der Waals surface area (Å²) in [6.45, 7) is 3.22. The van der Waals surface area contributed by atoms with Crippen molar-refractivity contribution in [3.8, 4) is 0 Å². The molecule has 0 aliphatic rings. The Morgan fingerprint density at radius 1 is 1.21 bits per heavy atom. The van der Waals surface area contributed by atoms with E-state index in [1.807, 2.05) is 13.8 Å². The lowest BCUT2D eigenvalue weighted by molar-refractivity contribution is -0.147. The quantitative estimate of drug-likeness (QED) is 0.647. The molecule has 6 nitrogen and oxygen atoms in total. The van der Waals surface area contributed by atoms with Gasteiger partial charge in [-0.15, -0.1) is 11.3 Å². The van der Waals surface area contributed by atoms with Gasteiger partial charge in [0.25, 0.3) is 11.8 Å². The van der Waals surface area contributed by atoms with Gasteiger partial charge in [0, 0.05) is 4.88 Å². The molecule has 0 bridgehead atoms. The lowest BCUT2D eigenvalue weighted by atomic mass is 10.2. The molecular weight excluding hydrogens is 393 g/mol. The summed E-state index contributed by atoms with van der Waals surface area (Å²) in [6.07, 6.45) is -3.94. The normalized spacial score (nSPS) is 11.6. The first-order chi connectivity index (χ1) is 13.2. The number of hydrogen-bond acceptors (Lipinski definition) is 4. The van der Waals surface area contributed by atoms with E-state index in [1.54, 1.807) is 18.2 Å². The molecular formula is C18H17F3N4O2S. The zero-order valence-electron chi connectivity index (χ0n) is 15.1. The summed E-state index contributed by atoms with van der Waals surface area (Å²) in [5.74, 6) is -2.49. The Bertz CT molecular complexity index is 1040. The molecule has 0 atom stereocenters. The number of aromatic nitrogens is 2. The van der Waals surface area contributed by atoms with E-state index in [1.165, 1.54) is 23.5 Å². The molecule has 0 saturated heterocycles. The van der Waals surface area contributed by atoms with Gasteiger partial charge in [0.1, 0.15) is 6.54 Å². The van der Waals surface area contributed by atoms with Crippen LogP contribution in [0, 0.1) is 6.92 Å². The molecule has 2 aromatic heterocycles. The fraction of sp³-hybridized carbons (Fsp3) is 0.278. The summed E-state index contributed by atoms with van der Waals surface area (Å²) in [6, 6.07) is 7.74. The van der Waals surface area contributed by atoms with Crippen molar-refractivity contribution in [1.29, 1.82) is 0 Å². The van der Waals surface area contributed by atoms with E-state index in [0.29, 0.717) is 4.88 Å². The first-order valence-corrected chi connectivity index (χ1v) is 9.23. The monoisotopic (exact) mass is 410 g/mol. The van der Waals surface area contributed by atoms with Crippen LogP contribution in [0.4, 0.5) is 13.2 Å². The number of amides is 2. The van der Waals surface area contributed by atoms with Gasteiger partial charge in [-0.25, -0.2) is 4.98 Å². The highest BCUT2D eigenvalue weighted by Crippen LogP contribution is 2.31. The van der Waals surface area contributed by atoms with E-state index in [0.717, 1.165) is 21.4 Å². The topological polar surface area (TPSA) is 76.0 Å². The molecule has 0 saturated carbocycles. The van der Waals surface area contributed by atoms with E-state index in [-0.39, 0.29) is 11.0 Å². The number of para-hydroxylation sites is 2. The summed E-state index contributed by atoms with van der Waals surface area (Å²) in [4.78, 5) is 29.3. The third-order valence-electron chi connectivity index (χ3n) is 4.15. The molecule has 0 radical (unpaired) electrons. The number of carbonyl (C=O) groups is 2. The number of nitrogens with zero attached hydrogens (tertiary/aromatic N) is 2. The van der Waals surface area contributed by atoms with Crippen molar-refractivity contribution in [2.75, 3.05) is 0 Å². The van der Waals surface area contributed by atoms with Gasteiger partial charge >= 0.3 is 6.18 Å². The number of carbonyl (C=O) groups excluding carboxylic acids is 2. The fourth-order valence-corrected chi connectivity index (χ4v) is 3.82. The Morgan fingerprint density at radius 2 is 1.93 bits per heavy atom. The van der Waals surface area contributed by atoms with Crippen LogP contribution in [0.15, 0.2) is 30.3 Å². The van der Waals surface area contributed by atoms with Crippen molar-refractivity contribution in [1.82, 2.24) is 20.4 Å². The molecule has 148 valence electrons. The molecule has 3 rings (SSSR count).